The fourth-order valence-electron chi connectivity index (χ4n) is 9.26. The first-order valence-corrected chi connectivity index (χ1v) is 31.9. The van der Waals surface area contributed by atoms with Crippen LogP contribution in [0.2, 0.25) is 0 Å². The standard InChI is InChI=1S/C36H70O.C30H58O2/c1-3-5-7-9-11-13-15-17-19-21-23-25-27-29-31-33-35-37-36-34-32-30-28-26-24-22-20-18-16-14-12-10-8-6-4-2;1-4-7-10-12-13-14-15-16-17-18-19-20-21-23-25-28-30(31)32-29(26-9-6-3)27-24-22-11-8-5-2/h17-20H,3-16,21-36H2,1-2H3;16-17,29H,4-15,18-28H2,1-3H3/b19-17-,20-18-;17-16-. The zero-order valence-corrected chi connectivity index (χ0v) is 48.2. The molecule has 0 N–H and O–H groups in total. The number of rotatable bonds is 57. The molecule has 0 heterocycles. The molecule has 69 heavy (non-hydrogen) atoms. The van der Waals surface area contributed by atoms with E-state index in [4.69, 9.17) is 9.47 Å². The molecule has 0 saturated carbocycles. The molecule has 0 aliphatic rings. The molecule has 0 spiro atoms. The van der Waals surface area contributed by atoms with E-state index in [0.29, 0.717) is 6.42 Å². The molecule has 1 atom stereocenters. The van der Waals surface area contributed by atoms with Gasteiger partial charge in [-0.25, -0.2) is 0 Å². The molecule has 0 saturated heterocycles. The first kappa shape index (κ1) is 69.7. The van der Waals surface area contributed by atoms with Crippen molar-refractivity contribution in [2.75, 3.05) is 13.2 Å². The van der Waals surface area contributed by atoms with Crippen molar-refractivity contribution < 1.29 is 14.3 Å². The van der Waals surface area contributed by atoms with E-state index < -0.39 is 0 Å². The Morgan fingerprint density at radius 2 is 0.536 bits per heavy atom. The van der Waals surface area contributed by atoms with Gasteiger partial charge in [-0.3, -0.25) is 4.79 Å². The Morgan fingerprint density at radius 3 is 0.855 bits per heavy atom. The third kappa shape index (κ3) is 66.7. The Morgan fingerprint density at radius 1 is 0.290 bits per heavy atom. The molecule has 0 aliphatic carbocycles. The van der Waals surface area contributed by atoms with Crippen LogP contribution in [-0.4, -0.2) is 25.3 Å². The van der Waals surface area contributed by atoms with Gasteiger partial charge < -0.3 is 9.47 Å². The molecular formula is C66H128O3. The van der Waals surface area contributed by atoms with Crippen LogP contribution in [0.3, 0.4) is 0 Å². The van der Waals surface area contributed by atoms with Gasteiger partial charge in [0.25, 0.3) is 0 Å². The van der Waals surface area contributed by atoms with Crippen molar-refractivity contribution >= 4 is 5.97 Å². The lowest BCUT2D eigenvalue weighted by Crippen LogP contribution is -2.18. The van der Waals surface area contributed by atoms with Crippen LogP contribution < -0.4 is 0 Å². The molecule has 0 amide bonds. The van der Waals surface area contributed by atoms with Gasteiger partial charge in [0, 0.05) is 19.6 Å². The van der Waals surface area contributed by atoms with E-state index >= 15 is 0 Å². The Hall–Kier alpha value is -1.35. The van der Waals surface area contributed by atoms with Crippen LogP contribution >= 0.6 is 0 Å². The number of esters is 1. The van der Waals surface area contributed by atoms with Gasteiger partial charge in [0.2, 0.25) is 0 Å². The minimum absolute atomic E-state index is 0.0392. The number of carbonyl (C=O) groups excluding carboxylic acids is 1. The summed E-state index contributed by atoms with van der Waals surface area (Å²) in [4.78, 5) is 12.3. The summed E-state index contributed by atoms with van der Waals surface area (Å²) in [6.45, 7) is 13.3. The van der Waals surface area contributed by atoms with E-state index in [1.165, 1.54) is 295 Å². The average molecular weight is 970 g/mol. The van der Waals surface area contributed by atoms with Crippen molar-refractivity contribution in [1.29, 1.82) is 0 Å². The summed E-state index contributed by atoms with van der Waals surface area (Å²) in [5.41, 5.74) is 0. The predicted molar refractivity (Wildman–Crippen MR) is 312 cm³/mol. The summed E-state index contributed by atoms with van der Waals surface area (Å²) < 4.78 is 11.7. The van der Waals surface area contributed by atoms with Crippen LogP contribution in [0.15, 0.2) is 36.5 Å². The molecule has 0 radical (unpaired) electrons. The number of hydrogen-bond donors (Lipinski definition) is 0. The Labute approximate surface area is 436 Å². The van der Waals surface area contributed by atoms with Crippen molar-refractivity contribution in [3.63, 3.8) is 0 Å². The van der Waals surface area contributed by atoms with Crippen molar-refractivity contribution in [3.05, 3.63) is 36.5 Å². The smallest absolute Gasteiger partial charge is 0.306 e. The molecule has 0 aromatic rings. The molecule has 410 valence electrons. The van der Waals surface area contributed by atoms with Crippen LogP contribution in [0.1, 0.15) is 362 Å². The van der Waals surface area contributed by atoms with Crippen LogP contribution in [-0.2, 0) is 14.3 Å². The quantitative estimate of drug-likeness (QED) is 0.0346. The van der Waals surface area contributed by atoms with Gasteiger partial charge in [-0.15, -0.1) is 0 Å². The first-order chi connectivity index (χ1) is 34.2. The summed E-state index contributed by atoms with van der Waals surface area (Å²) in [6, 6.07) is 0. The SMILES string of the molecule is CCCCCCCC/C=C\CCCCCCCC(=O)OC(CCCC)CCCCCCC.CCCCCCCC/C=C\CCCCCCCCOCCCCCCCC/C=C\CCCCCCCC. The lowest BCUT2D eigenvalue weighted by molar-refractivity contribution is -0.150. The molecule has 0 fully saturated rings. The number of ether oxygens (including phenoxy) is 2. The van der Waals surface area contributed by atoms with Gasteiger partial charge in [0.05, 0.1) is 0 Å². The summed E-state index contributed by atoms with van der Waals surface area (Å²) in [6.07, 6.45) is 81.2. The second kappa shape index (κ2) is 66.7. The van der Waals surface area contributed by atoms with E-state index in [0.717, 1.165) is 38.9 Å². The second-order valence-corrected chi connectivity index (χ2v) is 21.3. The third-order valence-corrected chi connectivity index (χ3v) is 14.1. The zero-order valence-electron chi connectivity index (χ0n) is 48.2. The summed E-state index contributed by atoms with van der Waals surface area (Å²) in [5, 5.41) is 0. The van der Waals surface area contributed by atoms with Crippen molar-refractivity contribution in [2.45, 2.75) is 368 Å². The van der Waals surface area contributed by atoms with Crippen LogP contribution in [0.5, 0.6) is 0 Å². The number of allylic oxidation sites excluding steroid dienone is 6. The average Bonchev–Trinajstić information content (AvgIpc) is 3.35. The highest BCUT2D eigenvalue weighted by Gasteiger charge is 2.14. The highest BCUT2D eigenvalue weighted by atomic mass is 16.5. The largest absolute Gasteiger partial charge is 0.462 e. The molecule has 0 aromatic carbocycles. The Bertz CT molecular complexity index is 958. The fourth-order valence-corrected chi connectivity index (χ4v) is 9.26. The van der Waals surface area contributed by atoms with Crippen LogP contribution in [0, 0.1) is 0 Å². The highest BCUT2D eigenvalue weighted by Crippen LogP contribution is 2.18. The topological polar surface area (TPSA) is 35.5 Å². The molecule has 0 rings (SSSR count). The number of unbranched alkanes of at least 4 members (excludes halogenated alkanes) is 40. The molecule has 1 unspecified atom stereocenters. The lowest BCUT2D eigenvalue weighted by Gasteiger charge is -2.18. The van der Waals surface area contributed by atoms with Gasteiger partial charge in [-0.2, -0.15) is 0 Å². The van der Waals surface area contributed by atoms with E-state index in [2.05, 4.69) is 71.1 Å². The highest BCUT2D eigenvalue weighted by molar-refractivity contribution is 5.69. The van der Waals surface area contributed by atoms with E-state index in [1.54, 1.807) is 0 Å². The van der Waals surface area contributed by atoms with E-state index in [-0.39, 0.29) is 12.1 Å². The number of carbonyl (C=O) groups is 1. The fraction of sp³-hybridized carbons (Fsp3) is 0.894. The second-order valence-electron chi connectivity index (χ2n) is 21.3. The van der Waals surface area contributed by atoms with Crippen LogP contribution in [0.25, 0.3) is 0 Å². The Balaban J connectivity index is 0. The maximum absolute atomic E-state index is 12.3. The normalized spacial score (nSPS) is 12.2. The minimum atomic E-state index is 0.0392. The molecule has 0 aromatic heterocycles. The zero-order chi connectivity index (χ0) is 50.3. The van der Waals surface area contributed by atoms with Crippen molar-refractivity contribution in [2.24, 2.45) is 0 Å². The van der Waals surface area contributed by atoms with Crippen molar-refractivity contribution in [1.82, 2.24) is 0 Å². The maximum atomic E-state index is 12.3. The van der Waals surface area contributed by atoms with Gasteiger partial charge in [0.15, 0.2) is 0 Å². The monoisotopic (exact) mass is 969 g/mol. The molecule has 3 nitrogen and oxygen atoms in total. The minimum Gasteiger partial charge on any atom is -0.462 e. The molecule has 0 aliphatic heterocycles. The molecule has 3 heteroatoms. The van der Waals surface area contributed by atoms with Gasteiger partial charge in [-0.1, -0.05) is 277 Å². The maximum Gasteiger partial charge on any atom is 0.306 e. The summed E-state index contributed by atoms with van der Waals surface area (Å²) in [7, 11) is 0. The summed E-state index contributed by atoms with van der Waals surface area (Å²) >= 11 is 0. The number of hydrogen-bond acceptors (Lipinski definition) is 3. The van der Waals surface area contributed by atoms with Crippen molar-refractivity contribution in [3.8, 4) is 0 Å². The lowest BCUT2D eigenvalue weighted by atomic mass is 10.0. The van der Waals surface area contributed by atoms with E-state index in [9.17, 15) is 4.79 Å². The van der Waals surface area contributed by atoms with Gasteiger partial charge in [-0.05, 0) is 116 Å². The van der Waals surface area contributed by atoms with Gasteiger partial charge >= 0.3 is 5.97 Å². The van der Waals surface area contributed by atoms with E-state index in [1.807, 2.05) is 0 Å². The van der Waals surface area contributed by atoms with Gasteiger partial charge in [0.1, 0.15) is 6.10 Å². The first-order valence-electron chi connectivity index (χ1n) is 31.9. The summed E-state index contributed by atoms with van der Waals surface area (Å²) in [5.74, 6) is 0.0392. The Kier molecular flexibility index (Phi) is 67.4. The third-order valence-electron chi connectivity index (χ3n) is 14.1. The molecular weight excluding hydrogens is 841 g/mol. The predicted octanol–water partition coefficient (Wildman–Crippen LogP) is 23.6. The van der Waals surface area contributed by atoms with Crippen LogP contribution in [0.4, 0.5) is 0 Å². The molecule has 0 bridgehead atoms.